The third kappa shape index (κ3) is 5.39. The third-order valence-corrected chi connectivity index (χ3v) is 8.81. The molecule has 4 heterocycles. The van der Waals surface area contributed by atoms with Crippen LogP contribution in [0.2, 0.25) is 0 Å². The summed E-state index contributed by atoms with van der Waals surface area (Å²) in [5.41, 5.74) is 3.98. The number of nitriles is 1. The fraction of sp³-hybridized carbons (Fsp3) is 0.462. The molecule has 0 aliphatic carbocycles. The summed E-state index contributed by atoms with van der Waals surface area (Å²) < 4.78 is 34.4. The van der Waals surface area contributed by atoms with E-state index < -0.39 is 21.8 Å². The summed E-state index contributed by atoms with van der Waals surface area (Å²) in [5, 5.41) is 13.0. The van der Waals surface area contributed by atoms with E-state index in [2.05, 4.69) is 21.0 Å². The van der Waals surface area contributed by atoms with E-state index in [4.69, 9.17) is 4.42 Å². The Morgan fingerprint density at radius 2 is 1.86 bits per heavy atom. The maximum Gasteiger partial charge on any atom is 0.419 e. The van der Waals surface area contributed by atoms with Crippen LogP contribution in [-0.2, 0) is 23.5 Å². The molecule has 10 heteroatoms. The van der Waals surface area contributed by atoms with Crippen LogP contribution >= 0.6 is 0 Å². The van der Waals surface area contributed by atoms with Crippen LogP contribution in [0.1, 0.15) is 18.4 Å². The van der Waals surface area contributed by atoms with Crippen LogP contribution in [0.25, 0.3) is 22.2 Å². The highest BCUT2D eigenvalue weighted by molar-refractivity contribution is 7.89. The molecule has 1 aromatic heterocycles. The molecule has 2 bridgehead atoms. The summed E-state index contributed by atoms with van der Waals surface area (Å²) in [4.78, 5) is 14.2. The minimum Gasteiger partial charge on any atom is -0.408 e. The fourth-order valence-corrected chi connectivity index (χ4v) is 6.41. The van der Waals surface area contributed by atoms with E-state index >= 15 is 0 Å². The largest absolute Gasteiger partial charge is 0.419 e. The molecule has 2 aromatic carbocycles. The number of nitrogens with one attached hydrogen (secondary N) is 2. The molecule has 3 aromatic rings. The van der Waals surface area contributed by atoms with Crippen LogP contribution in [0, 0.1) is 17.2 Å². The van der Waals surface area contributed by atoms with Gasteiger partial charge in [0.1, 0.15) is 6.04 Å². The molecule has 3 aliphatic rings. The van der Waals surface area contributed by atoms with Gasteiger partial charge in [-0.2, -0.15) is 9.98 Å². The van der Waals surface area contributed by atoms with Gasteiger partial charge < -0.3 is 14.6 Å². The molecular weight excluding hydrogens is 478 g/mol. The van der Waals surface area contributed by atoms with Crippen LogP contribution in [0.3, 0.4) is 0 Å². The zero-order valence-corrected chi connectivity index (χ0v) is 21.1. The van der Waals surface area contributed by atoms with Gasteiger partial charge in [0, 0.05) is 32.6 Å². The Balaban J connectivity index is 1.17. The average Bonchev–Trinajstić information content (AvgIpc) is 3.17. The van der Waals surface area contributed by atoms with Gasteiger partial charge in [0.05, 0.1) is 17.3 Å². The van der Waals surface area contributed by atoms with Crippen molar-refractivity contribution in [2.24, 2.45) is 13.0 Å². The fourth-order valence-electron chi connectivity index (χ4n) is 5.34. The van der Waals surface area contributed by atoms with Gasteiger partial charge in [-0.05, 0) is 60.7 Å². The van der Waals surface area contributed by atoms with Crippen LogP contribution in [0.15, 0.2) is 51.7 Å². The van der Waals surface area contributed by atoms with E-state index in [1.54, 1.807) is 13.1 Å². The van der Waals surface area contributed by atoms with E-state index in [0.29, 0.717) is 29.6 Å². The molecule has 36 heavy (non-hydrogen) atoms. The number of sulfonamides is 1. The van der Waals surface area contributed by atoms with Gasteiger partial charge in [0.2, 0.25) is 10.0 Å². The quantitative estimate of drug-likeness (QED) is 0.452. The molecule has 0 spiro atoms. The molecule has 190 valence electrons. The molecule has 0 amide bonds. The maximum absolute atomic E-state index is 12.6. The van der Waals surface area contributed by atoms with Crippen LogP contribution in [0.5, 0.6) is 0 Å². The highest BCUT2D eigenvalue weighted by Gasteiger charge is 2.33. The minimum atomic E-state index is -3.59. The molecule has 0 saturated carbocycles. The smallest absolute Gasteiger partial charge is 0.408 e. The lowest BCUT2D eigenvalue weighted by molar-refractivity contribution is 0.0738. The third-order valence-electron chi connectivity index (χ3n) is 7.43. The number of aryl methyl sites for hydroxylation is 1. The van der Waals surface area contributed by atoms with Crippen molar-refractivity contribution in [3.63, 3.8) is 0 Å². The SMILES string of the molecule is Cn1c(=O)oc2ccc(-c3ccc(C[C@@H](C#N)NS(=O)(=O)CCN[C@@H]4CN5CCC4CC5)cc3)cc21. The molecule has 6 rings (SSSR count). The molecule has 3 fully saturated rings. The Kier molecular flexibility index (Phi) is 6.99. The number of hydrogen-bond donors (Lipinski definition) is 2. The summed E-state index contributed by atoms with van der Waals surface area (Å²) in [6, 6.07) is 14.8. The number of hydrogen-bond acceptors (Lipinski definition) is 7. The summed E-state index contributed by atoms with van der Waals surface area (Å²) in [5.74, 6) is 0.179. The second-order valence-corrected chi connectivity index (χ2v) is 11.7. The van der Waals surface area contributed by atoms with Crippen molar-refractivity contribution in [3.8, 4) is 17.2 Å². The van der Waals surface area contributed by atoms with E-state index in [1.807, 2.05) is 36.4 Å². The summed E-state index contributed by atoms with van der Waals surface area (Å²) >= 11 is 0. The monoisotopic (exact) mass is 509 g/mol. The molecule has 0 unspecified atom stereocenters. The number of piperidine rings is 3. The van der Waals surface area contributed by atoms with Crippen molar-refractivity contribution in [1.29, 1.82) is 5.26 Å². The number of fused-ring (bicyclic) bond motifs is 4. The first-order chi connectivity index (χ1) is 17.3. The lowest BCUT2D eigenvalue weighted by Gasteiger charge is -2.45. The van der Waals surface area contributed by atoms with Gasteiger partial charge in [-0.3, -0.25) is 4.57 Å². The Morgan fingerprint density at radius 3 is 2.53 bits per heavy atom. The molecule has 3 aliphatic heterocycles. The highest BCUT2D eigenvalue weighted by atomic mass is 32.2. The van der Waals surface area contributed by atoms with Crippen molar-refractivity contribution in [3.05, 3.63) is 58.6 Å². The topological polar surface area (TPSA) is 120 Å². The molecule has 9 nitrogen and oxygen atoms in total. The maximum atomic E-state index is 12.6. The van der Waals surface area contributed by atoms with Gasteiger partial charge in [-0.15, -0.1) is 0 Å². The summed E-state index contributed by atoms with van der Waals surface area (Å²) in [6.45, 7) is 3.66. The van der Waals surface area contributed by atoms with E-state index in [-0.39, 0.29) is 12.2 Å². The first-order valence-electron chi connectivity index (χ1n) is 12.4. The van der Waals surface area contributed by atoms with Crippen LogP contribution in [-0.4, -0.2) is 61.9 Å². The lowest BCUT2D eigenvalue weighted by Crippen LogP contribution is -2.56. The molecule has 3 saturated heterocycles. The molecular formula is C26H31N5O4S. The van der Waals surface area contributed by atoms with Crippen LogP contribution in [0.4, 0.5) is 0 Å². The van der Waals surface area contributed by atoms with Gasteiger partial charge in [-0.25, -0.2) is 13.2 Å². The summed E-state index contributed by atoms with van der Waals surface area (Å²) in [7, 11) is -1.92. The van der Waals surface area contributed by atoms with E-state index in [0.717, 1.165) is 36.3 Å². The Morgan fingerprint density at radius 1 is 1.14 bits per heavy atom. The van der Waals surface area contributed by atoms with E-state index in [1.165, 1.54) is 17.4 Å². The van der Waals surface area contributed by atoms with Crippen molar-refractivity contribution in [2.75, 3.05) is 31.9 Å². The number of nitrogens with zero attached hydrogens (tertiary/aromatic N) is 3. The van der Waals surface area contributed by atoms with Crippen molar-refractivity contribution >= 4 is 21.1 Å². The second-order valence-electron chi connectivity index (χ2n) is 9.83. The normalized spacial score (nSPS) is 22.5. The van der Waals surface area contributed by atoms with Gasteiger partial charge in [-0.1, -0.05) is 30.3 Å². The highest BCUT2D eigenvalue weighted by Crippen LogP contribution is 2.27. The Hall–Kier alpha value is -2.97. The van der Waals surface area contributed by atoms with Gasteiger partial charge in [0.25, 0.3) is 0 Å². The van der Waals surface area contributed by atoms with E-state index in [9.17, 15) is 18.5 Å². The first kappa shape index (κ1) is 24.7. The second kappa shape index (κ2) is 10.2. The Labute approximate surface area is 210 Å². The van der Waals surface area contributed by atoms with Crippen molar-refractivity contribution < 1.29 is 12.8 Å². The molecule has 2 atom stereocenters. The van der Waals surface area contributed by atoms with Crippen molar-refractivity contribution in [2.45, 2.75) is 31.3 Å². The summed E-state index contributed by atoms with van der Waals surface area (Å²) in [6.07, 6.45) is 2.63. The predicted octanol–water partition coefficient (Wildman–Crippen LogP) is 1.84. The molecule has 2 N–H and O–H groups in total. The zero-order valence-electron chi connectivity index (χ0n) is 20.3. The zero-order chi connectivity index (χ0) is 25.3. The number of oxazole rings is 1. The minimum absolute atomic E-state index is 0.0493. The van der Waals surface area contributed by atoms with Gasteiger partial charge in [0.15, 0.2) is 5.58 Å². The average molecular weight is 510 g/mol. The number of aromatic nitrogens is 1. The first-order valence-corrected chi connectivity index (χ1v) is 14.0. The number of benzene rings is 2. The standard InChI is InChI=1S/C26H31N5O4S/c1-30-24-15-21(6-7-25(24)35-26(30)32)19-4-2-18(3-5-19)14-22(16-27)29-36(33,34)13-10-28-23-17-31-11-8-20(23)9-12-31/h2-7,15,20,22-23,28-29H,8-14,17H2,1H3/t22-,23+/m0/s1. The Bertz CT molecular complexity index is 1430. The number of rotatable bonds is 9. The van der Waals surface area contributed by atoms with Crippen LogP contribution < -0.4 is 15.8 Å². The lowest BCUT2D eigenvalue weighted by atomic mass is 9.84. The van der Waals surface area contributed by atoms with Gasteiger partial charge >= 0.3 is 5.76 Å². The molecule has 0 radical (unpaired) electrons. The predicted molar refractivity (Wildman–Crippen MR) is 138 cm³/mol. The van der Waals surface area contributed by atoms with Crippen molar-refractivity contribution in [1.82, 2.24) is 19.5 Å².